The highest BCUT2D eigenvalue weighted by Gasteiger charge is 1.81. The zero-order valence-corrected chi connectivity index (χ0v) is 4.88. The van der Waals surface area contributed by atoms with Crippen LogP contribution in [-0.2, 0) is 4.84 Å². The first-order valence-corrected chi connectivity index (χ1v) is 2.20. The minimum atomic E-state index is 0.236. The Bertz CT molecular complexity index is 60.7. The van der Waals surface area contributed by atoms with Crippen molar-refractivity contribution in [3.05, 3.63) is 0 Å². The van der Waals surface area contributed by atoms with Gasteiger partial charge in [0.1, 0.15) is 7.11 Å². The lowest BCUT2D eigenvalue weighted by molar-refractivity contribution is 0.182. The Morgan fingerprint density at radius 1 is 1.43 bits per heavy atom. The van der Waals surface area contributed by atoms with Crippen molar-refractivity contribution < 1.29 is 4.84 Å². The van der Waals surface area contributed by atoms with Crippen LogP contribution in [0.1, 0.15) is 13.8 Å². The van der Waals surface area contributed by atoms with Gasteiger partial charge in [-0.1, -0.05) is 0 Å². The summed E-state index contributed by atoms with van der Waals surface area (Å²) in [5, 5.41) is 6.94. The zero-order valence-electron chi connectivity index (χ0n) is 4.88. The van der Waals surface area contributed by atoms with Gasteiger partial charge in [-0.05, 0) is 13.8 Å². The molecule has 3 nitrogen and oxygen atoms in total. The van der Waals surface area contributed by atoms with Gasteiger partial charge in [0.2, 0.25) is 0 Å². The molecule has 0 heterocycles. The first-order chi connectivity index (χ1) is 3.27. The Kier molecular flexibility index (Phi) is 3.28. The maximum absolute atomic E-state index is 4.31. The van der Waals surface area contributed by atoms with Crippen LogP contribution in [0.5, 0.6) is 0 Å². The Hall–Kier alpha value is -0.600. The van der Waals surface area contributed by atoms with Crippen molar-refractivity contribution in [2.24, 2.45) is 10.4 Å². The molecule has 0 unspecified atom stereocenters. The van der Waals surface area contributed by atoms with E-state index in [2.05, 4.69) is 15.2 Å². The zero-order chi connectivity index (χ0) is 5.70. The van der Waals surface area contributed by atoms with E-state index in [-0.39, 0.29) is 6.04 Å². The summed E-state index contributed by atoms with van der Waals surface area (Å²) in [5.74, 6) is 0. The highest BCUT2D eigenvalue weighted by Crippen LogP contribution is 1.85. The fourth-order valence-electron chi connectivity index (χ4n) is 0.141. The predicted octanol–water partition coefficient (Wildman–Crippen LogP) is 1.41. The second-order valence-corrected chi connectivity index (χ2v) is 1.47. The Balaban J connectivity index is 3.08. The van der Waals surface area contributed by atoms with Gasteiger partial charge >= 0.3 is 0 Å². The van der Waals surface area contributed by atoms with Gasteiger partial charge in [0.25, 0.3) is 0 Å². The van der Waals surface area contributed by atoms with E-state index >= 15 is 0 Å². The van der Waals surface area contributed by atoms with Crippen molar-refractivity contribution in [1.82, 2.24) is 0 Å². The summed E-state index contributed by atoms with van der Waals surface area (Å²) in [4.78, 5) is 4.31. The number of hydrogen-bond acceptors (Lipinski definition) is 3. The van der Waals surface area contributed by atoms with Crippen LogP contribution in [0.2, 0.25) is 0 Å². The Labute approximate surface area is 43.3 Å². The molecule has 0 bridgehead atoms. The lowest BCUT2D eigenvalue weighted by Gasteiger charge is -1.88. The fourth-order valence-corrected chi connectivity index (χ4v) is 0.141. The summed E-state index contributed by atoms with van der Waals surface area (Å²) in [5.41, 5.74) is 0. The Morgan fingerprint density at radius 3 is 2.14 bits per heavy atom. The molecule has 0 aliphatic carbocycles. The second-order valence-electron chi connectivity index (χ2n) is 1.47. The average Bonchev–Trinajstić information content (AvgIpc) is 1.61. The number of hydrogen-bond donors (Lipinski definition) is 0. The maximum Gasteiger partial charge on any atom is 0.108 e. The van der Waals surface area contributed by atoms with Crippen LogP contribution in [0.4, 0.5) is 0 Å². The predicted molar refractivity (Wildman–Crippen MR) is 27.0 cm³/mol. The van der Waals surface area contributed by atoms with Crippen LogP contribution in [-0.4, -0.2) is 13.2 Å². The lowest BCUT2D eigenvalue weighted by atomic mass is 10.4. The van der Waals surface area contributed by atoms with Gasteiger partial charge in [-0.2, -0.15) is 5.11 Å². The van der Waals surface area contributed by atoms with E-state index in [1.54, 1.807) is 0 Å². The van der Waals surface area contributed by atoms with E-state index in [0.717, 1.165) is 0 Å². The van der Waals surface area contributed by atoms with E-state index < -0.39 is 0 Å². The van der Waals surface area contributed by atoms with Gasteiger partial charge in [0.15, 0.2) is 0 Å². The largest absolute Gasteiger partial charge is 0.383 e. The third-order valence-electron chi connectivity index (χ3n) is 0.360. The van der Waals surface area contributed by atoms with Gasteiger partial charge < -0.3 is 4.84 Å². The monoisotopic (exact) mass is 102 g/mol. The van der Waals surface area contributed by atoms with E-state index in [9.17, 15) is 0 Å². The standard InChI is InChI=1S/C4H10N2O/c1-4(2)5-6-7-3/h4H,1-3H3. The van der Waals surface area contributed by atoms with E-state index in [1.807, 2.05) is 13.8 Å². The van der Waals surface area contributed by atoms with Crippen molar-refractivity contribution in [1.29, 1.82) is 0 Å². The molecule has 0 N–H and O–H groups in total. The molecule has 0 fully saturated rings. The molecule has 3 heteroatoms. The van der Waals surface area contributed by atoms with Crippen LogP contribution in [0.15, 0.2) is 10.4 Å². The van der Waals surface area contributed by atoms with Crippen LogP contribution in [0, 0.1) is 0 Å². The van der Waals surface area contributed by atoms with Crippen LogP contribution in [0.3, 0.4) is 0 Å². The van der Waals surface area contributed by atoms with Gasteiger partial charge in [-0.3, -0.25) is 0 Å². The molecular weight excluding hydrogens is 92.1 g/mol. The van der Waals surface area contributed by atoms with Crippen molar-refractivity contribution in [3.8, 4) is 0 Å². The van der Waals surface area contributed by atoms with Crippen molar-refractivity contribution in [2.45, 2.75) is 19.9 Å². The van der Waals surface area contributed by atoms with E-state index in [4.69, 9.17) is 0 Å². The topological polar surface area (TPSA) is 34.0 Å². The van der Waals surface area contributed by atoms with Gasteiger partial charge in [0, 0.05) is 5.28 Å². The normalized spacial score (nSPS) is 10.9. The summed E-state index contributed by atoms with van der Waals surface area (Å²) in [6.45, 7) is 3.87. The molecule has 0 amide bonds. The summed E-state index contributed by atoms with van der Waals surface area (Å²) in [7, 11) is 1.48. The average molecular weight is 102 g/mol. The van der Waals surface area contributed by atoms with Crippen molar-refractivity contribution in [3.63, 3.8) is 0 Å². The van der Waals surface area contributed by atoms with E-state index in [1.165, 1.54) is 7.11 Å². The molecular formula is C4H10N2O. The molecule has 0 radical (unpaired) electrons. The highest BCUT2D eigenvalue weighted by atomic mass is 16.6. The molecule has 0 aromatic heterocycles. The third kappa shape index (κ3) is 5.40. The minimum absolute atomic E-state index is 0.236. The minimum Gasteiger partial charge on any atom is -0.383 e. The molecule has 0 saturated heterocycles. The molecule has 7 heavy (non-hydrogen) atoms. The molecule has 0 aliphatic rings. The molecule has 0 saturated carbocycles. The fraction of sp³-hybridized carbons (Fsp3) is 1.00. The van der Waals surface area contributed by atoms with Crippen molar-refractivity contribution >= 4 is 0 Å². The Morgan fingerprint density at radius 2 is 2.00 bits per heavy atom. The van der Waals surface area contributed by atoms with Crippen LogP contribution < -0.4 is 0 Å². The van der Waals surface area contributed by atoms with Gasteiger partial charge in [-0.15, -0.1) is 0 Å². The molecule has 42 valence electrons. The first-order valence-electron chi connectivity index (χ1n) is 2.20. The van der Waals surface area contributed by atoms with Crippen LogP contribution >= 0.6 is 0 Å². The lowest BCUT2D eigenvalue weighted by Crippen LogP contribution is -1.84. The summed E-state index contributed by atoms with van der Waals surface area (Å²) in [6, 6.07) is 0.236. The molecule has 0 aliphatic heterocycles. The van der Waals surface area contributed by atoms with Crippen LogP contribution in [0.25, 0.3) is 0 Å². The quantitative estimate of drug-likeness (QED) is 0.383. The van der Waals surface area contributed by atoms with Gasteiger partial charge in [0.05, 0.1) is 6.04 Å². The summed E-state index contributed by atoms with van der Waals surface area (Å²) in [6.07, 6.45) is 0. The highest BCUT2D eigenvalue weighted by molar-refractivity contribution is 4.40. The second kappa shape index (κ2) is 3.59. The third-order valence-corrected chi connectivity index (χ3v) is 0.360. The van der Waals surface area contributed by atoms with E-state index in [0.29, 0.717) is 0 Å². The number of nitrogens with zero attached hydrogens (tertiary/aromatic N) is 2. The molecule has 0 rings (SSSR count). The van der Waals surface area contributed by atoms with Gasteiger partial charge in [-0.25, -0.2) is 0 Å². The molecule has 0 aromatic rings. The summed E-state index contributed by atoms with van der Waals surface area (Å²) < 4.78 is 0. The number of rotatable bonds is 2. The maximum atomic E-state index is 4.31. The molecule has 0 atom stereocenters. The smallest absolute Gasteiger partial charge is 0.108 e. The first kappa shape index (κ1) is 6.40. The summed E-state index contributed by atoms with van der Waals surface area (Å²) >= 11 is 0. The van der Waals surface area contributed by atoms with Crippen molar-refractivity contribution in [2.75, 3.05) is 7.11 Å². The molecule has 0 aromatic carbocycles. The molecule has 0 spiro atoms. The SMILES string of the molecule is CON=NC(C)C.